The predicted octanol–water partition coefficient (Wildman–Crippen LogP) is 3.28. The second kappa shape index (κ2) is 9.45. The van der Waals surface area contributed by atoms with Crippen molar-refractivity contribution in [3.05, 3.63) is 70.3 Å². The number of carbonyl (C=O) groups is 1. The summed E-state index contributed by atoms with van der Waals surface area (Å²) in [6.07, 6.45) is 7.05. The van der Waals surface area contributed by atoms with Crippen LogP contribution in [0.1, 0.15) is 57.2 Å². The largest absolute Gasteiger partial charge is 0.398 e. The van der Waals surface area contributed by atoms with E-state index in [9.17, 15) is 4.79 Å². The van der Waals surface area contributed by atoms with Gasteiger partial charge in [0.15, 0.2) is 0 Å². The summed E-state index contributed by atoms with van der Waals surface area (Å²) in [6.45, 7) is 5.61. The fourth-order valence-corrected chi connectivity index (χ4v) is 4.17. The van der Waals surface area contributed by atoms with Crippen molar-refractivity contribution in [3.8, 4) is 6.07 Å². The van der Waals surface area contributed by atoms with Gasteiger partial charge in [-0.15, -0.1) is 0 Å². The molecule has 174 valence electrons. The van der Waals surface area contributed by atoms with E-state index in [1.54, 1.807) is 38.2 Å². The fourth-order valence-electron chi connectivity index (χ4n) is 4.17. The number of nitrogens with one attached hydrogen (secondary N) is 2. The van der Waals surface area contributed by atoms with E-state index < -0.39 is 0 Å². The van der Waals surface area contributed by atoms with Crippen LogP contribution in [0.3, 0.4) is 0 Å². The first-order valence-electron chi connectivity index (χ1n) is 11.2. The van der Waals surface area contributed by atoms with E-state index in [2.05, 4.69) is 33.4 Å². The summed E-state index contributed by atoms with van der Waals surface area (Å²) < 4.78 is 1.94. The number of nitrogen functional groups attached to an aromatic ring is 1. The van der Waals surface area contributed by atoms with Gasteiger partial charge in [-0.1, -0.05) is 0 Å². The molecular formula is C25H28N8O. The van der Waals surface area contributed by atoms with Crippen LogP contribution in [0.4, 0.5) is 11.4 Å². The van der Waals surface area contributed by atoms with Gasteiger partial charge < -0.3 is 16.0 Å². The molecule has 1 aliphatic rings. The normalized spacial score (nSPS) is 14.5. The number of hydrogen-bond acceptors (Lipinski definition) is 7. The molecule has 1 aromatic carbocycles. The number of benzene rings is 1. The van der Waals surface area contributed by atoms with Crippen LogP contribution in [0.25, 0.3) is 0 Å². The number of hydrogen-bond donors (Lipinski definition) is 3. The Morgan fingerprint density at radius 1 is 1.24 bits per heavy atom. The van der Waals surface area contributed by atoms with Crippen molar-refractivity contribution in [3.63, 3.8) is 0 Å². The zero-order valence-electron chi connectivity index (χ0n) is 19.6. The van der Waals surface area contributed by atoms with Crippen LogP contribution in [0.5, 0.6) is 0 Å². The third kappa shape index (κ3) is 4.54. The third-order valence-corrected chi connectivity index (χ3v) is 6.51. The molecule has 0 aliphatic carbocycles. The molecule has 1 aliphatic heterocycles. The summed E-state index contributed by atoms with van der Waals surface area (Å²) >= 11 is 0. The Labute approximate surface area is 198 Å². The molecule has 0 unspecified atom stereocenters. The molecule has 2 aromatic heterocycles. The number of carbonyl (C=O) groups excluding carboxylic acids is 1. The van der Waals surface area contributed by atoms with Gasteiger partial charge in [0.25, 0.3) is 5.91 Å². The molecule has 1 fully saturated rings. The molecule has 0 spiro atoms. The zero-order valence-corrected chi connectivity index (χ0v) is 19.6. The lowest BCUT2D eigenvalue weighted by Gasteiger charge is -2.28. The molecule has 3 heterocycles. The lowest BCUT2D eigenvalue weighted by molar-refractivity contribution is 0.102. The number of aromatic nitrogens is 3. The number of nitrogens with zero attached hydrogens (tertiary/aromatic N) is 5. The minimum Gasteiger partial charge on any atom is -0.398 e. The number of amides is 1. The summed E-state index contributed by atoms with van der Waals surface area (Å²) in [7, 11) is 2.12. The molecule has 0 bridgehead atoms. The smallest absolute Gasteiger partial charge is 0.274 e. The van der Waals surface area contributed by atoms with Gasteiger partial charge >= 0.3 is 0 Å². The first-order valence-corrected chi connectivity index (χ1v) is 11.2. The Hall–Kier alpha value is -4.03. The van der Waals surface area contributed by atoms with E-state index in [0.717, 1.165) is 31.5 Å². The van der Waals surface area contributed by atoms with Crippen LogP contribution in [0.15, 0.2) is 36.8 Å². The predicted molar refractivity (Wildman–Crippen MR) is 131 cm³/mol. The van der Waals surface area contributed by atoms with Gasteiger partial charge in [-0.25, -0.2) is 4.98 Å². The lowest BCUT2D eigenvalue weighted by Crippen LogP contribution is -2.31. The summed E-state index contributed by atoms with van der Waals surface area (Å²) in [5.74, 6) is -0.387. The molecule has 9 nitrogen and oxygen atoms in total. The van der Waals surface area contributed by atoms with E-state index >= 15 is 0 Å². The SMILES string of the molecule is Cc1c(C#N)cnc(C(=O)Nc2ccc(N)c(C(=N)c3cnn(C4CCN(C)CC4)c3)c2)c1C. The summed E-state index contributed by atoms with van der Waals surface area (Å²) in [6, 6.07) is 7.46. The maximum atomic E-state index is 12.9. The highest BCUT2D eigenvalue weighted by molar-refractivity contribution is 6.14. The van der Waals surface area contributed by atoms with Gasteiger partial charge in [-0.2, -0.15) is 10.4 Å². The van der Waals surface area contributed by atoms with Crippen molar-refractivity contribution in [2.45, 2.75) is 32.7 Å². The number of pyridine rings is 1. The number of anilines is 2. The quantitative estimate of drug-likeness (QED) is 0.398. The van der Waals surface area contributed by atoms with Crippen molar-refractivity contribution in [1.82, 2.24) is 19.7 Å². The van der Waals surface area contributed by atoms with E-state index in [1.807, 2.05) is 10.9 Å². The standard InChI is InChI=1S/C25H28N8O/c1-15-16(2)24(29-12-17(15)11-26)25(34)31-19-4-5-22(27)21(10-19)23(28)18-13-30-33(14-18)20-6-8-32(3)9-7-20/h4-5,10,12-14,20,28H,6-9,27H2,1-3H3,(H,31,34). The van der Waals surface area contributed by atoms with Crippen molar-refractivity contribution in [2.24, 2.45) is 0 Å². The third-order valence-electron chi connectivity index (χ3n) is 6.51. The first kappa shape index (κ1) is 23.1. The van der Waals surface area contributed by atoms with Gasteiger partial charge in [-0.3, -0.25) is 14.9 Å². The molecular weight excluding hydrogens is 428 g/mol. The number of rotatable bonds is 5. The molecule has 34 heavy (non-hydrogen) atoms. The second-order valence-corrected chi connectivity index (χ2v) is 8.76. The Bertz CT molecular complexity index is 1290. The summed E-state index contributed by atoms with van der Waals surface area (Å²) in [5, 5.41) is 25.2. The van der Waals surface area contributed by atoms with E-state index in [0.29, 0.717) is 39.7 Å². The second-order valence-electron chi connectivity index (χ2n) is 8.76. The van der Waals surface area contributed by atoms with Gasteiger partial charge in [0.1, 0.15) is 11.8 Å². The minimum atomic E-state index is -0.387. The minimum absolute atomic E-state index is 0.247. The fraction of sp³-hybridized carbons (Fsp3) is 0.320. The van der Waals surface area contributed by atoms with Gasteiger partial charge in [0.05, 0.1) is 23.5 Å². The Balaban J connectivity index is 1.54. The van der Waals surface area contributed by atoms with E-state index in [-0.39, 0.29) is 17.3 Å². The highest BCUT2D eigenvalue weighted by atomic mass is 16.1. The lowest BCUT2D eigenvalue weighted by atomic mass is 10.0. The molecule has 1 saturated heterocycles. The highest BCUT2D eigenvalue weighted by Crippen LogP contribution is 2.25. The highest BCUT2D eigenvalue weighted by Gasteiger charge is 2.21. The van der Waals surface area contributed by atoms with Crippen molar-refractivity contribution >= 4 is 23.0 Å². The Morgan fingerprint density at radius 3 is 2.68 bits per heavy atom. The molecule has 0 saturated carbocycles. The molecule has 1 amide bonds. The van der Waals surface area contributed by atoms with Crippen molar-refractivity contribution in [1.29, 1.82) is 10.7 Å². The van der Waals surface area contributed by atoms with Crippen LogP contribution in [0.2, 0.25) is 0 Å². The van der Waals surface area contributed by atoms with Crippen LogP contribution in [0, 0.1) is 30.6 Å². The average Bonchev–Trinajstić information content (AvgIpc) is 3.32. The summed E-state index contributed by atoms with van der Waals surface area (Å²) in [5.41, 5.74) is 10.6. The maximum absolute atomic E-state index is 12.9. The molecule has 3 aromatic rings. The Morgan fingerprint density at radius 2 is 1.97 bits per heavy atom. The Kier molecular flexibility index (Phi) is 6.43. The monoisotopic (exact) mass is 456 g/mol. The topological polar surface area (TPSA) is 137 Å². The van der Waals surface area contributed by atoms with Crippen LogP contribution in [-0.4, -0.2) is 51.4 Å². The van der Waals surface area contributed by atoms with Gasteiger partial charge in [0, 0.05) is 34.9 Å². The molecule has 4 N–H and O–H groups in total. The number of nitriles is 1. The zero-order chi connectivity index (χ0) is 24.4. The molecule has 0 atom stereocenters. The molecule has 4 rings (SSSR count). The molecule has 0 radical (unpaired) electrons. The molecule has 9 heteroatoms. The number of piperidine rings is 1. The average molecular weight is 457 g/mol. The van der Waals surface area contributed by atoms with E-state index in [4.69, 9.17) is 16.4 Å². The number of nitrogens with two attached hydrogens (primary N) is 1. The first-order chi connectivity index (χ1) is 16.3. The van der Waals surface area contributed by atoms with Gasteiger partial charge in [0.2, 0.25) is 0 Å². The van der Waals surface area contributed by atoms with E-state index in [1.165, 1.54) is 6.20 Å². The number of likely N-dealkylation sites (tertiary alicyclic amines) is 1. The van der Waals surface area contributed by atoms with Crippen LogP contribution in [-0.2, 0) is 0 Å². The van der Waals surface area contributed by atoms with Crippen LogP contribution < -0.4 is 11.1 Å². The maximum Gasteiger partial charge on any atom is 0.274 e. The van der Waals surface area contributed by atoms with Crippen LogP contribution >= 0.6 is 0 Å². The van der Waals surface area contributed by atoms with Gasteiger partial charge in [-0.05, 0) is 76.2 Å². The van der Waals surface area contributed by atoms with Crippen molar-refractivity contribution < 1.29 is 4.79 Å². The summed E-state index contributed by atoms with van der Waals surface area (Å²) in [4.78, 5) is 19.3. The van der Waals surface area contributed by atoms with Crippen molar-refractivity contribution in [2.75, 3.05) is 31.2 Å².